The first kappa shape index (κ1) is 25.7. The zero-order valence-corrected chi connectivity index (χ0v) is 21.4. The van der Waals surface area contributed by atoms with E-state index in [0.717, 1.165) is 19.3 Å². The summed E-state index contributed by atoms with van der Waals surface area (Å²) in [5.41, 5.74) is 7.91. The van der Waals surface area contributed by atoms with Crippen molar-refractivity contribution in [2.45, 2.75) is 82.8 Å². The van der Waals surface area contributed by atoms with Crippen LogP contribution in [0.25, 0.3) is 0 Å². The summed E-state index contributed by atoms with van der Waals surface area (Å²) in [4.78, 5) is 29.9. The van der Waals surface area contributed by atoms with Crippen molar-refractivity contribution in [3.05, 3.63) is 47.0 Å². The molecule has 1 aliphatic carbocycles. The van der Waals surface area contributed by atoms with Crippen molar-refractivity contribution in [3.63, 3.8) is 0 Å². The molecule has 2 aliphatic rings. The lowest BCUT2D eigenvalue weighted by Gasteiger charge is -2.47. The fourth-order valence-electron chi connectivity index (χ4n) is 5.61. The number of amides is 1. The van der Waals surface area contributed by atoms with Crippen LogP contribution in [-0.4, -0.2) is 34.6 Å². The zero-order valence-electron chi connectivity index (χ0n) is 20.6. The van der Waals surface area contributed by atoms with Gasteiger partial charge in [0.2, 0.25) is 5.91 Å². The monoisotopic (exact) mass is 501 g/mol. The molecule has 2 aromatic rings. The second-order valence-electron chi connectivity index (χ2n) is 9.78. The molecule has 0 radical (unpaired) electrons. The van der Waals surface area contributed by atoms with Gasteiger partial charge in [-0.3, -0.25) is 4.79 Å². The number of carbonyl (C=O) groups is 2. The van der Waals surface area contributed by atoms with E-state index in [-0.39, 0.29) is 17.1 Å². The topological polar surface area (TPSA) is 97.3 Å². The Morgan fingerprint density at radius 2 is 1.86 bits per heavy atom. The van der Waals surface area contributed by atoms with Gasteiger partial charge in [-0.05, 0) is 56.2 Å². The highest BCUT2D eigenvalue weighted by molar-refractivity contribution is 6.31. The standard InChI is InChI=1S/C26H36ClN5O3/c1-18-15-20(27)16-21(25(34)35-2)23(18)29-24(33)22-11-12-26(31-30-22,32-14-13-28-17-32)19-9-7-5-3-4-6-8-10-19/h13-17,19,22,30-31H,3-12H2,1-2H3,(H,29,33). The lowest BCUT2D eigenvalue weighted by Crippen LogP contribution is -2.65. The number of nitrogens with zero attached hydrogens (tertiary/aromatic N) is 2. The Kier molecular flexibility index (Phi) is 8.46. The van der Waals surface area contributed by atoms with Crippen LogP contribution in [0.1, 0.15) is 80.1 Å². The van der Waals surface area contributed by atoms with Crippen LogP contribution >= 0.6 is 11.6 Å². The Morgan fingerprint density at radius 3 is 2.46 bits per heavy atom. The SMILES string of the molecule is COC(=O)c1cc(Cl)cc(C)c1NC(=O)C1CCC(C2CCCCCCCC2)(n2ccnc2)NN1. The van der Waals surface area contributed by atoms with Crippen molar-refractivity contribution >= 4 is 29.2 Å². The Bertz CT molecular complexity index is 1010. The molecule has 0 spiro atoms. The maximum Gasteiger partial charge on any atom is 0.340 e. The fourth-order valence-corrected chi connectivity index (χ4v) is 5.89. The molecule has 2 unspecified atom stereocenters. The van der Waals surface area contributed by atoms with Crippen molar-refractivity contribution in [2.75, 3.05) is 12.4 Å². The minimum absolute atomic E-state index is 0.207. The van der Waals surface area contributed by atoms with Gasteiger partial charge in [0.25, 0.3) is 0 Å². The van der Waals surface area contributed by atoms with Gasteiger partial charge in [-0.25, -0.2) is 20.6 Å². The number of rotatable bonds is 5. The largest absolute Gasteiger partial charge is 0.465 e. The number of methoxy groups -OCH3 is 1. The number of anilines is 1. The van der Waals surface area contributed by atoms with Crippen LogP contribution in [0.2, 0.25) is 5.02 Å². The quantitative estimate of drug-likeness (QED) is 0.502. The summed E-state index contributed by atoms with van der Waals surface area (Å²) >= 11 is 6.14. The molecule has 1 saturated heterocycles. The molecule has 3 N–H and O–H groups in total. The number of aryl methyl sites for hydroxylation is 1. The van der Waals surface area contributed by atoms with E-state index >= 15 is 0 Å². The first-order chi connectivity index (χ1) is 16.9. The molecule has 2 heterocycles. The van der Waals surface area contributed by atoms with Crippen LogP contribution in [0.4, 0.5) is 5.69 Å². The molecule has 190 valence electrons. The second kappa shape index (κ2) is 11.5. The van der Waals surface area contributed by atoms with Crippen LogP contribution in [0.15, 0.2) is 30.9 Å². The van der Waals surface area contributed by atoms with E-state index in [9.17, 15) is 9.59 Å². The number of hydrazine groups is 1. The molecule has 1 amide bonds. The number of hydrogen-bond donors (Lipinski definition) is 3. The third kappa shape index (κ3) is 5.71. The predicted molar refractivity (Wildman–Crippen MR) is 136 cm³/mol. The summed E-state index contributed by atoms with van der Waals surface area (Å²) in [5.74, 6) is -0.308. The number of carbonyl (C=O) groups excluding carboxylic acids is 2. The number of halogens is 1. The predicted octanol–water partition coefficient (Wildman–Crippen LogP) is 4.93. The van der Waals surface area contributed by atoms with Crippen molar-refractivity contribution < 1.29 is 14.3 Å². The molecular formula is C26H36ClN5O3. The Hall–Kier alpha value is -2.42. The van der Waals surface area contributed by atoms with Gasteiger partial charge in [-0.1, -0.05) is 50.1 Å². The summed E-state index contributed by atoms with van der Waals surface area (Å²) < 4.78 is 7.07. The van der Waals surface area contributed by atoms with E-state index in [1.807, 2.05) is 25.6 Å². The summed E-state index contributed by atoms with van der Waals surface area (Å²) in [6, 6.07) is 2.78. The fraction of sp³-hybridized carbons (Fsp3) is 0.577. The van der Waals surface area contributed by atoms with Crippen LogP contribution in [-0.2, 0) is 15.2 Å². The molecule has 35 heavy (non-hydrogen) atoms. The number of nitrogens with one attached hydrogen (secondary N) is 3. The van der Waals surface area contributed by atoms with Gasteiger partial charge in [0.1, 0.15) is 11.7 Å². The average Bonchev–Trinajstić information content (AvgIpc) is 3.44. The van der Waals surface area contributed by atoms with Crippen LogP contribution < -0.4 is 16.2 Å². The van der Waals surface area contributed by atoms with E-state index < -0.39 is 12.0 Å². The zero-order chi connectivity index (χ0) is 24.8. The molecule has 1 aromatic heterocycles. The van der Waals surface area contributed by atoms with Crippen LogP contribution in [0.5, 0.6) is 0 Å². The molecule has 1 saturated carbocycles. The van der Waals surface area contributed by atoms with E-state index in [4.69, 9.17) is 16.3 Å². The molecule has 9 heteroatoms. The Morgan fingerprint density at radius 1 is 1.14 bits per heavy atom. The molecular weight excluding hydrogens is 466 g/mol. The van der Waals surface area contributed by atoms with Gasteiger partial charge in [-0.2, -0.15) is 0 Å². The molecule has 1 aromatic carbocycles. The van der Waals surface area contributed by atoms with E-state index in [1.54, 1.807) is 6.07 Å². The van der Waals surface area contributed by atoms with Gasteiger partial charge in [-0.15, -0.1) is 0 Å². The number of imidazole rings is 1. The molecule has 1 aliphatic heterocycles. The van der Waals surface area contributed by atoms with E-state index in [2.05, 4.69) is 25.7 Å². The lowest BCUT2D eigenvalue weighted by atomic mass is 9.79. The highest BCUT2D eigenvalue weighted by atomic mass is 35.5. The highest BCUT2D eigenvalue weighted by Crippen LogP contribution is 2.39. The van der Waals surface area contributed by atoms with Crippen molar-refractivity contribution in [1.29, 1.82) is 0 Å². The maximum absolute atomic E-state index is 13.3. The van der Waals surface area contributed by atoms with E-state index in [0.29, 0.717) is 28.6 Å². The van der Waals surface area contributed by atoms with Crippen molar-refractivity contribution in [3.8, 4) is 0 Å². The van der Waals surface area contributed by atoms with Gasteiger partial charge in [0.05, 0.1) is 24.7 Å². The number of esters is 1. The third-order valence-electron chi connectivity index (χ3n) is 7.54. The van der Waals surface area contributed by atoms with E-state index in [1.165, 1.54) is 51.7 Å². The van der Waals surface area contributed by atoms with Crippen molar-refractivity contribution in [1.82, 2.24) is 20.4 Å². The number of ether oxygens (including phenoxy) is 1. The van der Waals surface area contributed by atoms with Crippen molar-refractivity contribution in [2.24, 2.45) is 5.92 Å². The molecule has 2 atom stereocenters. The highest BCUT2D eigenvalue weighted by Gasteiger charge is 2.44. The van der Waals surface area contributed by atoms with Gasteiger partial charge < -0.3 is 14.6 Å². The summed E-state index contributed by atoms with van der Waals surface area (Å²) in [5, 5.41) is 3.35. The van der Waals surface area contributed by atoms with Crippen LogP contribution in [0.3, 0.4) is 0 Å². The van der Waals surface area contributed by atoms with Gasteiger partial charge in [0, 0.05) is 17.4 Å². The number of hydrogen-bond acceptors (Lipinski definition) is 6. The smallest absolute Gasteiger partial charge is 0.340 e. The minimum atomic E-state index is -0.542. The third-order valence-corrected chi connectivity index (χ3v) is 7.76. The number of benzene rings is 1. The summed E-state index contributed by atoms with van der Waals surface area (Å²) in [6.07, 6.45) is 17.1. The minimum Gasteiger partial charge on any atom is -0.465 e. The summed E-state index contributed by atoms with van der Waals surface area (Å²) in [7, 11) is 1.31. The first-order valence-electron chi connectivity index (χ1n) is 12.6. The lowest BCUT2D eigenvalue weighted by molar-refractivity contribution is -0.120. The summed E-state index contributed by atoms with van der Waals surface area (Å²) in [6.45, 7) is 1.81. The van der Waals surface area contributed by atoms with Gasteiger partial charge in [0.15, 0.2) is 0 Å². The number of aromatic nitrogens is 2. The molecule has 4 rings (SSSR count). The normalized spacial score (nSPS) is 24.1. The van der Waals surface area contributed by atoms with Gasteiger partial charge >= 0.3 is 5.97 Å². The molecule has 2 fully saturated rings. The Labute approximate surface area is 212 Å². The van der Waals surface area contributed by atoms with Crippen LogP contribution in [0, 0.1) is 12.8 Å². The molecule has 8 nitrogen and oxygen atoms in total. The Balaban J connectivity index is 1.51. The maximum atomic E-state index is 13.3. The molecule has 0 bridgehead atoms. The second-order valence-corrected chi connectivity index (χ2v) is 10.2. The average molecular weight is 502 g/mol. The first-order valence-corrected chi connectivity index (χ1v) is 13.0.